The molecule has 0 spiro atoms. The number of aliphatic hydroxyl groups excluding tert-OH is 1. The number of nitrogens with one attached hydrogen (secondary N) is 2. The maximum atomic E-state index is 12.3. The molecule has 0 rings (SSSR count). The molecule has 9 heteroatoms. The molecule has 0 unspecified atom stereocenters. The Labute approximate surface area is 161 Å². The Morgan fingerprint density at radius 1 is 1.04 bits per heavy atom. The minimum Gasteiger partial charge on any atom is -0.432 e. The Balaban J connectivity index is 4.12. The number of rotatable bonds is 13. The molecule has 9 nitrogen and oxygen atoms in total. The van der Waals surface area contributed by atoms with E-state index in [1.165, 1.54) is 0 Å². The molecule has 0 radical (unpaired) electrons. The molecule has 0 aliphatic rings. The van der Waals surface area contributed by atoms with Gasteiger partial charge in [-0.05, 0) is 27.2 Å². The number of carbonyl (C=O) groups is 3. The summed E-state index contributed by atoms with van der Waals surface area (Å²) in [6.07, 6.45) is 0.204. The average Bonchev–Trinajstić information content (AvgIpc) is 2.57. The van der Waals surface area contributed by atoms with Gasteiger partial charge in [-0.15, -0.1) is 0 Å². The molecule has 0 saturated carbocycles. The zero-order chi connectivity index (χ0) is 20.7. The largest absolute Gasteiger partial charge is 0.508 e. The monoisotopic (exact) mass is 389 g/mol. The van der Waals surface area contributed by atoms with Crippen LogP contribution in [0.15, 0.2) is 0 Å². The van der Waals surface area contributed by atoms with Gasteiger partial charge in [0.1, 0.15) is 12.2 Å². The van der Waals surface area contributed by atoms with Gasteiger partial charge in [-0.1, -0.05) is 6.92 Å². The Bertz CT molecular complexity index is 451. The van der Waals surface area contributed by atoms with Gasteiger partial charge in [0.15, 0.2) is 0 Å². The Morgan fingerprint density at radius 3 is 2.33 bits per heavy atom. The SMILES string of the molecule is CCCN(CCOC(=O)OC(C)(C)C)C(=O)CCC(=O)NCCNCCO. The van der Waals surface area contributed by atoms with Gasteiger partial charge in [0.25, 0.3) is 0 Å². The highest BCUT2D eigenvalue weighted by Crippen LogP contribution is 2.08. The molecule has 2 amide bonds. The van der Waals surface area contributed by atoms with Crippen LogP contribution >= 0.6 is 0 Å². The lowest BCUT2D eigenvalue weighted by Gasteiger charge is -2.23. The fourth-order valence-electron chi connectivity index (χ4n) is 2.11. The Morgan fingerprint density at radius 2 is 1.74 bits per heavy atom. The number of nitrogens with zero attached hydrogens (tertiary/aromatic N) is 1. The number of hydrogen-bond acceptors (Lipinski definition) is 7. The van der Waals surface area contributed by atoms with E-state index in [4.69, 9.17) is 14.6 Å². The van der Waals surface area contributed by atoms with E-state index in [2.05, 4.69) is 10.6 Å². The highest BCUT2D eigenvalue weighted by atomic mass is 16.7. The summed E-state index contributed by atoms with van der Waals surface area (Å²) in [6.45, 7) is 9.55. The van der Waals surface area contributed by atoms with Crippen molar-refractivity contribution in [2.45, 2.75) is 52.6 Å². The molecule has 0 fully saturated rings. The fraction of sp³-hybridized carbons (Fsp3) is 0.833. The van der Waals surface area contributed by atoms with E-state index in [0.717, 1.165) is 6.42 Å². The molecule has 0 aromatic heterocycles. The zero-order valence-corrected chi connectivity index (χ0v) is 17.0. The second kappa shape index (κ2) is 14.2. The number of amides is 2. The van der Waals surface area contributed by atoms with Crippen molar-refractivity contribution in [2.24, 2.45) is 0 Å². The predicted molar refractivity (Wildman–Crippen MR) is 101 cm³/mol. The van der Waals surface area contributed by atoms with Gasteiger partial charge in [-0.25, -0.2) is 4.79 Å². The van der Waals surface area contributed by atoms with E-state index in [1.807, 2.05) is 6.92 Å². The van der Waals surface area contributed by atoms with Crippen molar-refractivity contribution in [1.82, 2.24) is 15.5 Å². The van der Waals surface area contributed by atoms with Gasteiger partial charge < -0.3 is 30.1 Å². The minimum absolute atomic E-state index is 0.0450. The van der Waals surface area contributed by atoms with Crippen molar-refractivity contribution < 1.29 is 29.0 Å². The number of carbonyl (C=O) groups excluding carboxylic acids is 3. The first-order valence-electron chi connectivity index (χ1n) is 9.41. The third kappa shape index (κ3) is 14.9. The summed E-state index contributed by atoms with van der Waals surface area (Å²) >= 11 is 0. The quantitative estimate of drug-likeness (QED) is 0.313. The number of ether oxygens (including phenoxy) is 2. The lowest BCUT2D eigenvalue weighted by molar-refractivity contribution is -0.134. The van der Waals surface area contributed by atoms with Crippen molar-refractivity contribution in [3.05, 3.63) is 0 Å². The summed E-state index contributed by atoms with van der Waals surface area (Å²) in [4.78, 5) is 37.2. The molecule has 0 atom stereocenters. The average molecular weight is 389 g/mol. The molecule has 0 saturated heterocycles. The molecule has 0 aromatic rings. The van der Waals surface area contributed by atoms with E-state index in [0.29, 0.717) is 26.2 Å². The van der Waals surface area contributed by atoms with Gasteiger partial charge in [0, 0.05) is 39.0 Å². The van der Waals surface area contributed by atoms with Crippen LogP contribution in [0.5, 0.6) is 0 Å². The van der Waals surface area contributed by atoms with Crippen molar-refractivity contribution in [2.75, 3.05) is 45.9 Å². The van der Waals surface area contributed by atoms with Crippen molar-refractivity contribution in [3.8, 4) is 0 Å². The molecule has 27 heavy (non-hydrogen) atoms. The summed E-state index contributed by atoms with van der Waals surface area (Å²) in [7, 11) is 0. The van der Waals surface area contributed by atoms with Gasteiger partial charge in [0.2, 0.25) is 11.8 Å². The molecule has 0 heterocycles. The van der Waals surface area contributed by atoms with Crippen molar-refractivity contribution >= 4 is 18.0 Å². The van der Waals surface area contributed by atoms with Crippen molar-refractivity contribution in [3.63, 3.8) is 0 Å². The third-order valence-corrected chi connectivity index (χ3v) is 3.30. The van der Waals surface area contributed by atoms with Crippen LogP contribution in [0.3, 0.4) is 0 Å². The van der Waals surface area contributed by atoms with Gasteiger partial charge in [-0.2, -0.15) is 0 Å². The second-order valence-electron chi connectivity index (χ2n) is 7.02. The van der Waals surface area contributed by atoms with E-state index >= 15 is 0 Å². The van der Waals surface area contributed by atoms with E-state index < -0.39 is 11.8 Å². The smallest absolute Gasteiger partial charge is 0.432 e. The third-order valence-electron chi connectivity index (χ3n) is 3.30. The summed E-state index contributed by atoms with van der Waals surface area (Å²) in [5.74, 6) is -0.353. The van der Waals surface area contributed by atoms with Crippen LogP contribution in [-0.4, -0.2) is 79.5 Å². The summed E-state index contributed by atoms with van der Waals surface area (Å²) in [6, 6.07) is 0. The van der Waals surface area contributed by atoms with Crippen LogP contribution in [0.4, 0.5) is 4.79 Å². The number of aliphatic hydroxyl groups is 1. The first-order valence-corrected chi connectivity index (χ1v) is 9.41. The molecular weight excluding hydrogens is 354 g/mol. The molecule has 0 bridgehead atoms. The highest BCUT2D eigenvalue weighted by molar-refractivity contribution is 5.83. The lowest BCUT2D eigenvalue weighted by Crippen LogP contribution is -2.37. The maximum Gasteiger partial charge on any atom is 0.508 e. The van der Waals surface area contributed by atoms with Crippen LogP contribution in [-0.2, 0) is 19.1 Å². The second-order valence-corrected chi connectivity index (χ2v) is 7.02. The van der Waals surface area contributed by atoms with Gasteiger partial charge >= 0.3 is 6.16 Å². The molecule has 0 aliphatic heterocycles. The molecule has 0 aromatic carbocycles. The Hall–Kier alpha value is -1.87. The van der Waals surface area contributed by atoms with Crippen LogP contribution in [0, 0.1) is 0 Å². The van der Waals surface area contributed by atoms with E-state index in [1.54, 1.807) is 25.7 Å². The molecule has 3 N–H and O–H groups in total. The maximum absolute atomic E-state index is 12.3. The van der Waals surface area contributed by atoms with Crippen LogP contribution < -0.4 is 10.6 Å². The first kappa shape index (κ1) is 25.1. The molecular formula is C18H35N3O6. The Kier molecular flexibility index (Phi) is 13.2. The predicted octanol–water partition coefficient (Wildman–Crippen LogP) is 0.655. The van der Waals surface area contributed by atoms with Crippen molar-refractivity contribution in [1.29, 1.82) is 0 Å². The topological polar surface area (TPSA) is 117 Å². The molecule has 0 aliphatic carbocycles. The van der Waals surface area contributed by atoms with Crippen LogP contribution in [0.1, 0.15) is 47.0 Å². The van der Waals surface area contributed by atoms with E-state index in [9.17, 15) is 14.4 Å². The standard InChI is InChI=1S/C18H35N3O6/c1-5-11-21(12-14-26-17(25)27-18(2,3)4)16(24)7-6-15(23)20-9-8-19-10-13-22/h19,22H,5-14H2,1-4H3,(H,20,23). The highest BCUT2D eigenvalue weighted by Gasteiger charge is 2.19. The summed E-state index contributed by atoms with van der Waals surface area (Å²) in [5.41, 5.74) is -0.628. The summed E-state index contributed by atoms with van der Waals surface area (Å²) < 4.78 is 10.0. The van der Waals surface area contributed by atoms with Gasteiger partial charge in [-0.3, -0.25) is 9.59 Å². The zero-order valence-electron chi connectivity index (χ0n) is 17.0. The first-order chi connectivity index (χ1) is 12.7. The summed E-state index contributed by atoms with van der Waals surface area (Å²) in [5, 5.41) is 14.3. The number of hydrogen-bond donors (Lipinski definition) is 3. The minimum atomic E-state index is -0.763. The normalized spacial score (nSPS) is 11.0. The van der Waals surface area contributed by atoms with Crippen LogP contribution in [0.2, 0.25) is 0 Å². The molecule has 158 valence electrons. The van der Waals surface area contributed by atoms with Gasteiger partial charge in [0.05, 0.1) is 13.2 Å². The lowest BCUT2D eigenvalue weighted by atomic mass is 10.2. The fourth-order valence-corrected chi connectivity index (χ4v) is 2.11. The van der Waals surface area contributed by atoms with E-state index in [-0.39, 0.29) is 44.4 Å². The van der Waals surface area contributed by atoms with Crippen LogP contribution in [0.25, 0.3) is 0 Å².